The number of hydrogen-bond acceptors (Lipinski definition) is 3. The van der Waals surface area contributed by atoms with E-state index in [1.54, 1.807) is 36.4 Å². The Morgan fingerprint density at radius 2 is 1.74 bits per heavy atom. The molecule has 0 aliphatic carbocycles. The van der Waals surface area contributed by atoms with Crippen molar-refractivity contribution in [2.75, 3.05) is 11.9 Å². The average Bonchev–Trinajstić information content (AvgIpc) is 2.66. The van der Waals surface area contributed by atoms with Crippen LogP contribution in [0.4, 0.5) is 5.69 Å². The van der Waals surface area contributed by atoms with Gasteiger partial charge in [0.2, 0.25) is 5.91 Å². The highest BCUT2D eigenvalue weighted by atomic mass is 35.5. The highest BCUT2D eigenvalue weighted by Crippen LogP contribution is 2.20. The molecule has 0 unspecified atom stereocenters. The van der Waals surface area contributed by atoms with Gasteiger partial charge in [-0.3, -0.25) is 9.59 Å². The van der Waals surface area contributed by atoms with Gasteiger partial charge in [-0.25, -0.2) is 4.98 Å². The second-order valence-electron chi connectivity index (χ2n) is 5.92. The molecule has 0 saturated heterocycles. The van der Waals surface area contributed by atoms with Gasteiger partial charge in [-0.05, 0) is 42.8 Å². The molecular weight excluding hydrogens is 385 g/mol. The molecule has 1 aromatic heterocycles. The maximum Gasteiger partial charge on any atom is 0.252 e. The zero-order valence-electron chi connectivity index (χ0n) is 14.3. The normalized spacial score (nSPS) is 10.6. The number of para-hydroxylation sites is 1. The van der Waals surface area contributed by atoms with E-state index in [0.717, 1.165) is 5.39 Å². The van der Waals surface area contributed by atoms with Crippen LogP contribution in [0, 0.1) is 0 Å². The first-order valence-corrected chi connectivity index (χ1v) is 9.17. The smallest absolute Gasteiger partial charge is 0.252 e. The zero-order valence-corrected chi connectivity index (χ0v) is 15.8. The van der Waals surface area contributed by atoms with Crippen molar-refractivity contribution in [2.24, 2.45) is 0 Å². The van der Waals surface area contributed by atoms with Crippen LogP contribution < -0.4 is 10.6 Å². The average molecular weight is 402 g/mol. The number of halogens is 2. The number of nitrogens with one attached hydrogen (secondary N) is 2. The molecule has 2 amide bonds. The van der Waals surface area contributed by atoms with Gasteiger partial charge in [0.15, 0.2) is 0 Å². The summed E-state index contributed by atoms with van der Waals surface area (Å²) in [4.78, 5) is 28.6. The summed E-state index contributed by atoms with van der Waals surface area (Å²) in [6.45, 7) is 0.376. The van der Waals surface area contributed by atoms with Crippen molar-refractivity contribution in [3.63, 3.8) is 0 Å². The van der Waals surface area contributed by atoms with E-state index in [4.69, 9.17) is 23.2 Å². The number of nitrogens with zero attached hydrogens (tertiary/aromatic N) is 1. The van der Waals surface area contributed by atoms with Gasteiger partial charge in [-0.15, -0.1) is 0 Å². The predicted octanol–water partition coefficient (Wildman–Crippen LogP) is 4.69. The molecule has 0 saturated carbocycles. The monoisotopic (exact) mass is 401 g/mol. The standard InChI is InChI=1S/C20H17Cl2N3O2/c21-13-7-9-14(10-8-13)24-19(26)6-3-11-23-20(27)16-12-18(22)25-17-5-2-1-4-15(16)17/h1-2,4-5,7-10,12H,3,6,11H2,(H,23,27)(H,24,26). The van der Waals surface area contributed by atoms with Gasteiger partial charge in [0.05, 0.1) is 11.1 Å². The number of carbonyl (C=O) groups is 2. The third-order valence-electron chi connectivity index (χ3n) is 3.92. The van der Waals surface area contributed by atoms with Crippen molar-refractivity contribution in [1.82, 2.24) is 10.3 Å². The summed E-state index contributed by atoms with van der Waals surface area (Å²) in [6.07, 6.45) is 0.808. The molecule has 0 spiro atoms. The van der Waals surface area contributed by atoms with Gasteiger partial charge in [0.1, 0.15) is 5.15 Å². The second-order valence-corrected chi connectivity index (χ2v) is 6.75. The van der Waals surface area contributed by atoms with Crippen LogP contribution in [0.1, 0.15) is 23.2 Å². The van der Waals surface area contributed by atoms with Crippen molar-refractivity contribution in [1.29, 1.82) is 0 Å². The fourth-order valence-corrected chi connectivity index (χ4v) is 2.96. The summed E-state index contributed by atoms with van der Waals surface area (Å²) < 4.78 is 0. The highest BCUT2D eigenvalue weighted by molar-refractivity contribution is 6.31. The topological polar surface area (TPSA) is 71.1 Å². The SMILES string of the molecule is O=C(CCCNC(=O)c1cc(Cl)nc2ccccc12)Nc1ccc(Cl)cc1. The van der Waals surface area contributed by atoms with Crippen LogP contribution in [-0.2, 0) is 4.79 Å². The van der Waals surface area contributed by atoms with E-state index < -0.39 is 0 Å². The van der Waals surface area contributed by atoms with Crippen LogP contribution in [0.5, 0.6) is 0 Å². The zero-order chi connectivity index (χ0) is 19.2. The number of benzene rings is 2. The molecule has 2 N–H and O–H groups in total. The third kappa shape index (κ3) is 5.18. The number of fused-ring (bicyclic) bond motifs is 1. The molecular formula is C20H17Cl2N3O2. The number of hydrogen-bond donors (Lipinski definition) is 2. The van der Waals surface area contributed by atoms with Crippen LogP contribution in [0.15, 0.2) is 54.6 Å². The minimum absolute atomic E-state index is 0.121. The Kier molecular flexibility index (Phi) is 6.27. The molecule has 27 heavy (non-hydrogen) atoms. The van der Waals surface area contributed by atoms with E-state index in [0.29, 0.717) is 41.2 Å². The van der Waals surface area contributed by atoms with E-state index in [1.165, 1.54) is 0 Å². The molecule has 7 heteroatoms. The highest BCUT2D eigenvalue weighted by Gasteiger charge is 2.12. The van der Waals surface area contributed by atoms with E-state index in [2.05, 4.69) is 15.6 Å². The Morgan fingerprint density at radius 3 is 2.52 bits per heavy atom. The summed E-state index contributed by atoms with van der Waals surface area (Å²) in [5, 5.41) is 7.22. The number of carbonyl (C=O) groups excluding carboxylic acids is 2. The Morgan fingerprint density at radius 1 is 1.00 bits per heavy atom. The molecule has 0 fully saturated rings. The molecule has 1 heterocycles. The first-order valence-electron chi connectivity index (χ1n) is 8.42. The lowest BCUT2D eigenvalue weighted by Gasteiger charge is -2.09. The van der Waals surface area contributed by atoms with Gasteiger partial charge in [-0.1, -0.05) is 41.4 Å². The van der Waals surface area contributed by atoms with Gasteiger partial charge < -0.3 is 10.6 Å². The van der Waals surface area contributed by atoms with E-state index in [9.17, 15) is 9.59 Å². The van der Waals surface area contributed by atoms with Gasteiger partial charge >= 0.3 is 0 Å². The number of rotatable bonds is 6. The van der Waals surface area contributed by atoms with Gasteiger partial charge in [0, 0.05) is 29.1 Å². The lowest BCUT2D eigenvalue weighted by molar-refractivity contribution is -0.116. The fraction of sp³-hybridized carbons (Fsp3) is 0.150. The van der Waals surface area contributed by atoms with Crippen LogP contribution in [0.25, 0.3) is 10.9 Å². The van der Waals surface area contributed by atoms with Gasteiger partial charge in [-0.2, -0.15) is 0 Å². The molecule has 3 rings (SSSR count). The van der Waals surface area contributed by atoms with Gasteiger partial charge in [0.25, 0.3) is 5.91 Å². The van der Waals surface area contributed by atoms with Crippen molar-refractivity contribution in [3.05, 3.63) is 70.3 Å². The minimum atomic E-state index is -0.242. The number of anilines is 1. The molecule has 5 nitrogen and oxygen atoms in total. The summed E-state index contributed by atoms with van der Waals surface area (Å²) >= 11 is 11.8. The lowest BCUT2D eigenvalue weighted by Crippen LogP contribution is -2.25. The molecule has 0 aliphatic heterocycles. The molecule has 138 valence electrons. The molecule has 0 atom stereocenters. The first kappa shape index (κ1) is 19.1. The van der Waals surface area contributed by atoms with Crippen LogP contribution in [0.2, 0.25) is 10.2 Å². The minimum Gasteiger partial charge on any atom is -0.352 e. The van der Waals surface area contributed by atoms with Crippen molar-refractivity contribution in [2.45, 2.75) is 12.8 Å². The van der Waals surface area contributed by atoms with E-state index >= 15 is 0 Å². The predicted molar refractivity (Wildman–Crippen MR) is 108 cm³/mol. The Bertz CT molecular complexity index is 975. The first-order chi connectivity index (χ1) is 13.0. The summed E-state index contributed by atoms with van der Waals surface area (Å²) in [5.41, 5.74) is 1.82. The summed E-state index contributed by atoms with van der Waals surface area (Å²) in [6, 6.07) is 15.8. The quantitative estimate of drug-likeness (QED) is 0.464. The van der Waals surface area contributed by atoms with Crippen LogP contribution in [-0.4, -0.2) is 23.3 Å². The molecule has 0 aliphatic rings. The van der Waals surface area contributed by atoms with Crippen LogP contribution >= 0.6 is 23.2 Å². The fourth-order valence-electron chi connectivity index (χ4n) is 2.63. The van der Waals surface area contributed by atoms with Crippen LogP contribution in [0.3, 0.4) is 0 Å². The summed E-state index contributed by atoms with van der Waals surface area (Å²) in [5.74, 6) is -0.363. The maximum atomic E-state index is 12.5. The Hall–Kier alpha value is -2.63. The Labute approximate surface area is 166 Å². The molecule has 0 radical (unpaired) electrons. The lowest BCUT2D eigenvalue weighted by atomic mass is 10.1. The third-order valence-corrected chi connectivity index (χ3v) is 4.37. The number of aromatic nitrogens is 1. The Balaban J connectivity index is 1.51. The molecule has 3 aromatic rings. The van der Waals surface area contributed by atoms with E-state index in [1.807, 2.05) is 18.2 Å². The maximum absolute atomic E-state index is 12.5. The largest absolute Gasteiger partial charge is 0.352 e. The molecule has 2 aromatic carbocycles. The van der Waals surface area contributed by atoms with Crippen molar-refractivity contribution >= 4 is 51.6 Å². The second kappa shape index (κ2) is 8.84. The number of amides is 2. The van der Waals surface area contributed by atoms with E-state index in [-0.39, 0.29) is 17.0 Å². The van der Waals surface area contributed by atoms with Crippen molar-refractivity contribution in [3.8, 4) is 0 Å². The number of pyridine rings is 1. The molecule has 0 bridgehead atoms. The van der Waals surface area contributed by atoms with Crippen molar-refractivity contribution < 1.29 is 9.59 Å². The summed E-state index contributed by atoms with van der Waals surface area (Å²) in [7, 11) is 0.